The van der Waals surface area contributed by atoms with Crippen LogP contribution in [-0.4, -0.2) is 39.2 Å². The Hall–Kier alpha value is -1.40. The van der Waals surface area contributed by atoms with Crippen molar-refractivity contribution in [3.05, 3.63) is 29.3 Å². The van der Waals surface area contributed by atoms with Crippen molar-refractivity contribution in [1.82, 2.24) is 4.90 Å². The first-order valence-corrected chi connectivity index (χ1v) is 7.11. The maximum absolute atomic E-state index is 12.1. The highest BCUT2D eigenvalue weighted by molar-refractivity contribution is 8.00. The summed E-state index contributed by atoms with van der Waals surface area (Å²) in [7, 11) is 0. The van der Waals surface area contributed by atoms with Crippen LogP contribution in [0, 0.1) is 0 Å². The van der Waals surface area contributed by atoms with Crippen molar-refractivity contribution in [2.24, 2.45) is 0 Å². The molecular formula is C12H13ClN2O3S. The molecule has 19 heavy (non-hydrogen) atoms. The van der Waals surface area contributed by atoms with Gasteiger partial charge in [-0.25, -0.2) is 9.59 Å². The molecule has 102 valence electrons. The minimum Gasteiger partial charge on any atom is -0.480 e. The Morgan fingerprint density at radius 3 is 2.63 bits per heavy atom. The first-order chi connectivity index (χ1) is 8.99. The van der Waals surface area contributed by atoms with Crippen molar-refractivity contribution in [3.63, 3.8) is 0 Å². The number of halogens is 1. The largest absolute Gasteiger partial charge is 0.480 e. The van der Waals surface area contributed by atoms with E-state index in [9.17, 15) is 9.59 Å². The molecule has 0 radical (unpaired) electrons. The molecule has 1 saturated heterocycles. The van der Waals surface area contributed by atoms with E-state index in [4.69, 9.17) is 16.7 Å². The molecule has 1 aromatic carbocycles. The van der Waals surface area contributed by atoms with Gasteiger partial charge in [-0.3, -0.25) is 4.90 Å². The molecule has 1 aliphatic rings. The zero-order valence-electron chi connectivity index (χ0n) is 10.2. The van der Waals surface area contributed by atoms with Gasteiger partial charge in [0.15, 0.2) is 0 Å². The topological polar surface area (TPSA) is 69.6 Å². The number of hydrogen-bond acceptors (Lipinski definition) is 3. The number of aliphatic carboxylic acids is 1. The zero-order chi connectivity index (χ0) is 14.0. The van der Waals surface area contributed by atoms with Crippen LogP contribution in [0.2, 0.25) is 5.02 Å². The van der Waals surface area contributed by atoms with Crippen molar-refractivity contribution in [3.8, 4) is 0 Å². The monoisotopic (exact) mass is 300 g/mol. The van der Waals surface area contributed by atoms with Crippen LogP contribution in [-0.2, 0) is 4.79 Å². The molecule has 0 bridgehead atoms. The van der Waals surface area contributed by atoms with Crippen LogP contribution < -0.4 is 5.32 Å². The first-order valence-electron chi connectivity index (χ1n) is 5.68. The van der Waals surface area contributed by atoms with Gasteiger partial charge in [0.1, 0.15) is 6.04 Å². The lowest BCUT2D eigenvalue weighted by Crippen LogP contribution is -2.46. The van der Waals surface area contributed by atoms with E-state index in [-0.39, 0.29) is 5.37 Å². The number of anilines is 1. The number of carboxylic acids is 1. The summed E-state index contributed by atoms with van der Waals surface area (Å²) in [6, 6.07) is 5.47. The Balaban J connectivity index is 2.10. The number of benzene rings is 1. The summed E-state index contributed by atoms with van der Waals surface area (Å²) in [4.78, 5) is 24.6. The summed E-state index contributed by atoms with van der Waals surface area (Å²) in [5.74, 6) is -0.576. The van der Waals surface area contributed by atoms with Crippen molar-refractivity contribution in [2.75, 3.05) is 11.1 Å². The molecule has 7 heteroatoms. The Morgan fingerprint density at radius 1 is 1.42 bits per heavy atom. The minimum atomic E-state index is -0.983. The predicted octanol–water partition coefficient (Wildman–Crippen LogP) is 2.72. The number of carboxylic acid groups (broad SMARTS) is 1. The van der Waals surface area contributed by atoms with Crippen LogP contribution in [0.15, 0.2) is 24.3 Å². The molecule has 1 aromatic rings. The van der Waals surface area contributed by atoms with Gasteiger partial charge in [0.2, 0.25) is 0 Å². The minimum absolute atomic E-state index is 0.159. The van der Waals surface area contributed by atoms with E-state index < -0.39 is 18.0 Å². The molecule has 0 aromatic heterocycles. The number of nitrogens with one attached hydrogen (secondary N) is 1. The van der Waals surface area contributed by atoms with Crippen LogP contribution in [0.4, 0.5) is 10.5 Å². The molecule has 2 unspecified atom stereocenters. The van der Waals surface area contributed by atoms with E-state index >= 15 is 0 Å². The average Bonchev–Trinajstić information content (AvgIpc) is 2.74. The summed E-state index contributed by atoms with van der Waals surface area (Å²) in [6.45, 7) is 1.81. The fraction of sp³-hybridized carbons (Fsp3) is 0.333. The molecule has 2 atom stereocenters. The first kappa shape index (κ1) is 14.0. The lowest BCUT2D eigenvalue weighted by molar-refractivity contribution is -0.141. The molecule has 2 rings (SSSR count). The van der Waals surface area contributed by atoms with Crippen molar-refractivity contribution < 1.29 is 14.7 Å². The van der Waals surface area contributed by atoms with Crippen LogP contribution in [0.5, 0.6) is 0 Å². The normalized spacial score (nSPS) is 22.3. The highest BCUT2D eigenvalue weighted by atomic mass is 35.5. The van der Waals surface area contributed by atoms with Gasteiger partial charge in [-0.1, -0.05) is 11.6 Å². The van der Waals surface area contributed by atoms with Crippen LogP contribution in [0.1, 0.15) is 6.92 Å². The van der Waals surface area contributed by atoms with E-state index in [1.165, 1.54) is 16.7 Å². The third-order valence-corrected chi connectivity index (χ3v) is 4.31. The summed E-state index contributed by atoms with van der Waals surface area (Å²) in [5.41, 5.74) is 0.586. The second-order valence-electron chi connectivity index (χ2n) is 4.13. The van der Waals surface area contributed by atoms with Gasteiger partial charge in [0.25, 0.3) is 0 Å². The van der Waals surface area contributed by atoms with Crippen LogP contribution in [0.3, 0.4) is 0 Å². The SMILES string of the molecule is CC1SCC(C(=O)O)N1C(=O)Nc1ccc(Cl)cc1. The fourth-order valence-corrected chi connectivity index (χ4v) is 3.16. The zero-order valence-corrected chi connectivity index (χ0v) is 11.7. The van der Waals surface area contributed by atoms with E-state index in [1.54, 1.807) is 24.3 Å². The highest BCUT2D eigenvalue weighted by Gasteiger charge is 2.39. The molecule has 5 nitrogen and oxygen atoms in total. The van der Waals surface area contributed by atoms with Gasteiger partial charge >= 0.3 is 12.0 Å². The standard InChI is InChI=1S/C12H13ClN2O3S/c1-7-15(10(6-19-7)11(16)17)12(18)14-9-4-2-8(13)3-5-9/h2-5,7,10H,6H2,1H3,(H,14,18)(H,16,17). The number of urea groups is 1. The number of nitrogens with zero attached hydrogens (tertiary/aromatic N) is 1. The summed E-state index contributed by atoms with van der Waals surface area (Å²) in [5, 5.41) is 12.2. The van der Waals surface area contributed by atoms with E-state index in [2.05, 4.69) is 5.32 Å². The Bertz CT molecular complexity index is 494. The average molecular weight is 301 g/mol. The van der Waals surface area contributed by atoms with Crippen LogP contribution in [0.25, 0.3) is 0 Å². The lowest BCUT2D eigenvalue weighted by atomic mass is 10.3. The summed E-state index contributed by atoms with van der Waals surface area (Å²) < 4.78 is 0. The van der Waals surface area contributed by atoms with Crippen LogP contribution >= 0.6 is 23.4 Å². The van der Waals surface area contributed by atoms with Crippen molar-refractivity contribution in [1.29, 1.82) is 0 Å². The summed E-state index contributed by atoms with van der Waals surface area (Å²) in [6.07, 6.45) is 0. The smallest absolute Gasteiger partial charge is 0.327 e. The summed E-state index contributed by atoms with van der Waals surface area (Å²) >= 11 is 7.21. The third-order valence-electron chi connectivity index (χ3n) is 2.84. The van der Waals surface area contributed by atoms with E-state index in [0.29, 0.717) is 16.5 Å². The second kappa shape index (κ2) is 5.71. The predicted molar refractivity (Wildman–Crippen MR) is 75.7 cm³/mol. The maximum Gasteiger partial charge on any atom is 0.327 e. The molecule has 1 fully saturated rings. The molecule has 0 saturated carbocycles. The number of amides is 2. The van der Waals surface area contributed by atoms with Gasteiger partial charge in [-0.15, -0.1) is 11.8 Å². The van der Waals surface area contributed by atoms with Gasteiger partial charge < -0.3 is 10.4 Å². The quantitative estimate of drug-likeness (QED) is 0.881. The number of rotatable bonds is 2. The molecule has 0 spiro atoms. The van der Waals surface area contributed by atoms with Gasteiger partial charge in [0, 0.05) is 16.5 Å². The Kier molecular flexibility index (Phi) is 4.21. The number of hydrogen-bond donors (Lipinski definition) is 2. The van der Waals surface area contributed by atoms with Gasteiger partial charge in [-0.05, 0) is 31.2 Å². The maximum atomic E-state index is 12.1. The molecular weight excluding hydrogens is 288 g/mol. The van der Waals surface area contributed by atoms with Gasteiger partial charge in [-0.2, -0.15) is 0 Å². The highest BCUT2D eigenvalue weighted by Crippen LogP contribution is 2.29. The van der Waals surface area contributed by atoms with Crippen molar-refractivity contribution >= 4 is 41.1 Å². The third kappa shape index (κ3) is 3.13. The van der Waals surface area contributed by atoms with Gasteiger partial charge in [0.05, 0.1) is 5.37 Å². The molecule has 0 aliphatic carbocycles. The van der Waals surface area contributed by atoms with E-state index in [1.807, 2.05) is 6.92 Å². The molecule has 1 aliphatic heterocycles. The Morgan fingerprint density at radius 2 is 2.05 bits per heavy atom. The number of carbonyl (C=O) groups is 2. The van der Waals surface area contributed by atoms with E-state index in [0.717, 1.165) is 0 Å². The molecule has 1 heterocycles. The number of carbonyl (C=O) groups excluding carboxylic acids is 1. The van der Waals surface area contributed by atoms with Crippen molar-refractivity contribution in [2.45, 2.75) is 18.3 Å². The second-order valence-corrected chi connectivity index (χ2v) is 5.92. The molecule has 2 N–H and O–H groups in total. The lowest BCUT2D eigenvalue weighted by Gasteiger charge is -2.25. The Labute approximate surface area is 119 Å². The number of thioether (sulfide) groups is 1. The molecule has 2 amide bonds. The fourth-order valence-electron chi connectivity index (χ4n) is 1.86.